The quantitative estimate of drug-likeness (QED) is 0.750. The van der Waals surface area contributed by atoms with Gasteiger partial charge in [-0.25, -0.2) is 4.79 Å². The first-order valence-electron chi connectivity index (χ1n) is 6.27. The summed E-state index contributed by atoms with van der Waals surface area (Å²) in [5.41, 5.74) is 0.420. The Labute approximate surface area is 150 Å². The number of amides is 1. The molecule has 0 atom stereocenters. The predicted octanol–water partition coefficient (Wildman–Crippen LogP) is 4.47. The van der Waals surface area contributed by atoms with Crippen LogP contribution in [0.1, 0.15) is 10.4 Å². The van der Waals surface area contributed by atoms with Gasteiger partial charge in [0.05, 0.1) is 10.0 Å². The molecule has 0 bridgehead atoms. The summed E-state index contributed by atoms with van der Waals surface area (Å²) >= 11 is 14.8. The highest BCUT2D eigenvalue weighted by Crippen LogP contribution is 2.25. The lowest BCUT2D eigenvalue weighted by Gasteiger charge is -2.10. The molecule has 2 N–H and O–H groups in total. The average Bonchev–Trinajstić information content (AvgIpc) is 2.49. The standard InChI is InChI=1S/C15H10BrCl2NO4/c16-8-1-4-13(10(5-8)15(21)22)23-7-14(20)19-9-2-3-11(17)12(18)6-9/h1-6H,7H2,(H,19,20)(H,21,22). The maximum absolute atomic E-state index is 11.9. The van der Waals surface area contributed by atoms with Crippen molar-refractivity contribution in [3.8, 4) is 5.75 Å². The van der Waals surface area contributed by atoms with E-state index in [1.54, 1.807) is 18.2 Å². The number of hydrogen-bond donors (Lipinski definition) is 2. The molecule has 120 valence electrons. The Morgan fingerprint density at radius 1 is 1.13 bits per heavy atom. The SMILES string of the molecule is O=C(COc1ccc(Br)cc1C(=O)O)Nc1ccc(Cl)c(Cl)c1. The number of carboxylic acid groups (broad SMARTS) is 1. The van der Waals surface area contributed by atoms with Crippen LogP contribution in [0.3, 0.4) is 0 Å². The van der Waals surface area contributed by atoms with Gasteiger partial charge in [0.2, 0.25) is 0 Å². The molecule has 0 fully saturated rings. The van der Waals surface area contributed by atoms with E-state index in [4.69, 9.17) is 33.0 Å². The molecule has 23 heavy (non-hydrogen) atoms. The van der Waals surface area contributed by atoms with E-state index in [2.05, 4.69) is 21.2 Å². The number of nitrogens with one attached hydrogen (secondary N) is 1. The Morgan fingerprint density at radius 3 is 2.52 bits per heavy atom. The number of carboxylic acids is 1. The van der Waals surface area contributed by atoms with Gasteiger partial charge in [0.15, 0.2) is 6.61 Å². The Morgan fingerprint density at radius 2 is 1.87 bits per heavy atom. The fourth-order valence-corrected chi connectivity index (χ4v) is 2.37. The van der Waals surface area contributed by atoms with Gasteiger partial charge in [-0.15, -0.1) is 0 Å². The van der Waals surface area contributed by atoms with Crippen LogP contribution in [0, 0.1) is 0 Å². The normalized spacial score (nSPS) is 10.2. The number of carbonyl (C=O) groups is 2. The van der Waals surface area contributed by atoms with Crippen LogP contribution in [0.4, 0.5) is 5.69 Å². The van der Waals surface area contributed by atoms with Crippen LogP contribution in [0.5, 0.6) is 5.75 Å². The van der Waals surface area contributed by atoms with Crippen LogP contribution in [-0.4, -0.2) is 23.6 Å². The van der Waals surface area contributed by atoms with Crippen molar-refractivity contribution in [1.82, 2.24) is 0 Å². The van der Waals surface area contributed by atoms with Crippen LogP contribution >= 0.6 is 39.1 Å². The third kappa shape index (κ3) is 4.86. The molecule has 0 aliphatic carbocycles. The van der Waals surface area contributed by atoms with E-state index >= 15 is 0 Å². The van der Waals surface area contributed by atoms with Crippen molar-refractivity contribution in [3.63, 3.8) is 0 Å². The summed E-state index contributed by atoms with van der Waals surface area (Å²) in [7, 11) is 0. The summed E-state index contributed by atoms with van der Waals surface area (Å²) in [5, 5.41) is 12.4. The van der Waals surface area contributed by atoms with E-state index < -0.39 is 11.9 Å². The van der Waals surface area contributed by atoms with Crippen molar-refractivity contribution in [2.45, 2.75) is 0 Å². The van der Waals surface area contributed by atoms with Crippen molar-refractivity contribution in [1.29, 1.82) is 0 Å². The zero-order valence-corrected chi connectivity index (χ0v) is 14.6. The molecule has 0 saturated heterocycles. The zero-order chi connectivity index (χ0) is 17.0. The number of ether oxygens (including phenoxy) is 1. The second-order valence-electron chi connectivity index (χ2n) is 4.41. The van der Waals surface area contributed by atoms with Gasteiger partial charge < -0.3 is 15.2 Å². The van der Waals surface area contributed by atoms with E-state index in [1.165, 1.54) is 18.2 Å². The van der Waals surface area contributed by atoms with Gasteiger partial charge in [-0.1, -0.05) is 39.1 Å². The van der Waals surface area contributed by atoms with Gasteiger partial charge in [0.25, 0.3) is 5.91 Å². The average molecular weight is 419 g/mol. The van der Waals surface area contributed by atoms with Crippen LogP contribution in [0.15, 0.2) is 40.9 Å². The third-order valence-corrected chi connectivity index (χ3v) is 3.97. The molecule has 0 heterocycles. The van der Waals surface area contributed by atoms with Gasteiger partial charge in [-0.05, 0) is 36.4 Å². The van der Waals surface area contributed by atoms with E-state index in [1.807, 2.05) is 0 Å². The minimum absolute atomic E-state index is 0.0401. The lowest BCUT2D eigenvalue weighted by Crippen LogP contribution is -2.20. The largest absolute Gasteiger partial charge is 0.483 e. The van der Waals surface area contributed by atoms with Gasteiger partial charge in [-0.3, -0.25) is 4.79 Å². The number of halogens is 3. The molecular formula is C15H10BrCl2NO4. The first kappa shape index (κ1) is 17.6. The fourth-order valence-electron chi connectivity index (χ4n) is 1.71. The second kappa shape index (κ2) is 7.68. The number of anilines is 1. The number of aromatic carboxylic acids is 1. The topological polar surface area (TPSA) is 75.6 Å². The molecular weight excluding hydrogens is 409 g/mol. The summed E-state index contributed by atoms with van der Waals surface area (Å²) in [6.07, 6.45) is 0. The van der Waals surface area contributed by atoms with Crippen molar-refractivity contribution < 1.29 is 19.4 Å². The van der Waals surface area contributed by atoms with E-state index in [0.717, 1.165) is 0 Å². The summed E-state index contributed by atoms with van der Waals surface area (Å²) in [6, 6.07) is 9.14. The minimum atomic E-state index is -1.15. The molecule has 0 radical (unpaired) electrons. The molecule has 8 heteroatoms. The summed E-state index contributed by atoms with van der Waals surface area (Å²) < 4.78 is 5.87. The zero-order valence-electron chi connectivity index (χ0n) is 11.5. The Kier molecular flexibility index (Phi) is 5.87. The number of benzene rings is 2. The van der Waals surface area contributed by atoms with Gasteiger partial charge in [-0.2, -0.15) is 0 Å². The molecule has 0 aromatic heterocycles. The number of carbonyl (C=O) groups excluding carboxylic acids is 1. The first-order chi connectivity index (χ1) is 10.9. The van der Waals surface area contributed by atoms with Crippen molar-refractivity contribution >= 4 is 56.7 Å². The smallest absolute Gasteiger partial charge is 0.339 e. The molecule has 0 unspecified atom stereocenters. The second-order valence-corrected chi connectivity index (χ2v) is 6.14. The molecule has 2 aromatic carbocycles. The predicted molar refractivity (Wildman–Crippen MR) is 91.7 cm³/mol. The molecule has 0 aliphatic heterocycles. The molecule has 0 spiro atoms. The molecule has 5 nitrogen and oxygen atoms in total. The van der Waals surface area contributed by atoms with Crippen molar-refractivity contribution in [3.05, 3.63) is 56.5 Å². The third-order valence-electron chi connectivity index (χ3n) is 2.73. The monoisotopic (exact) mass is 417 g/mol. The van der Waals surface area contributed by atoms with Crippen molar-refractivity contribution in [2.24, 2.45) is 0 Å². The van der Waals surface area contributed by atoms with Gasteiger partial charge >= 0.3 is 5.97 Å². The maximum Gasteiger partial charge on any atom is 0.339 e. The molecule has 2 rings (SSSR count). The molecule has 0 saturated carbocycles. The summed E-state index contributed by atoms with van der Waals surface area (Å²) in [4.78, 5) is 23.0. The highest BCUT2D eigenvalue weighted by atomic mass is 79.9. The first-order valence-corrected chi connectivity index (χ1v) is 7.82. The van der Waals surface area contributed by atoms with E-state index in [0.29, 0.717) is 20.2 Å². The Bertz CT molecular complexity index is 767. The summed E-state index contributed by atoms with van der Waals surface area (Å²) in [5.74, 6) is -1.50. The minimum Gasteiger partial charge on any atom is -0.483 e. The lowest BCUT2D eigenvalue weighted by atomic mass is 10.2. The van der Waals surface area contributed by atoms with Crippen LogP contribution in [0.25, 0.3) is 0 Å². The summed E-state index contributed by atoms with van der Waals surface area (Å²) in [6.45, 7) is -0.345. The van der Waals surface area contributed by atoms with E-state index in [9.17, 15) is 9.59 Å². The molecule has 2 aromatic rings. The number of rotatable bonds is 5. The van der Waals surface area contributed by atoms with E-state index in [-0.39, 0.29) is 17.9 Å². The van der Waals surface area contributed by atoms with Crippen LogP contribution in [0.2, 0.25) is 10.0 Å². The molecule has 0 aliphatic rings. The van der Waals surface area contributed by atoms with Crippen molar-refractivity contribution in [2.75, 3.05) is 11.9 Å². The highest BCUT2D eigenvalue weighted by molar-refractivity contribution is 9.10. The van der Waals surface area contributed by atoms with Crippen LogP contribution < -0.4 is 10.1 Å². The number of hydrogen-bond acceptors (Lipinski definition) is 3. The molecule has 1 amide bonds. The Balaban J connectivity index is 2.02. The Hall–Kier alpha value is -1.76. The highest BCUT2D eigenvalue weighted by Gasteiger charge is 2.13. The van der Waals surface area contributed by atoms with Crippen LogP contribution in [-0.2, 0) is 4.79 Å². The fraction of sp³-hybridized carbons (Fsp3) is 0.0667. The lowest BCUT2D eigenvalue weighted by molar-refractivity contribution is -0.118. The van der Waals surface area contributed by atoms with Gasteiger partial charge in [0.1, 0.15) is 11.3 Å². The maximum atomic E-state index is 11.9. The van der Waals surface area contributed by atoms with Gasteiger partial charge in [0, 0.05) is 10.2 Å².